The molecule has 0 aromatic heterocycles. The van der Waals surface area contributed by atoms with Crippen LogP contribution in [0.2, 0.25) is 0 Å². The van der Waals surface area contributed by atoms with Gasteiger partial charge in [-0.25, -0.2) is 0 Å². The molecule has 1 nitrogen and oxygen atoms in total. The molecule has 0 bridgehead atoms. The topological polar surface area (TPSA) is 12.0 Å². The zero-order chi connectivity index (χ0) is 10.6. The molecule has 0 spiro atoms. The van der Waals surface area contributed by atoms with Crippen molar-refractivity contribution in [2.75, 3.05) is 7.05 Å². The minimum atomic E-state index is 0. The van der Waals surface area contributed by atoms with Crippen LogP contribution in [0.3, 0.4) is 0 Å². The number of likely N-dealkylation sites (N-methyl/N-ethyl adjacent to an activating group) is 1. The maximum absolute atomic E-state index is 3.57. The van der Waals surface area contributed by atoms with Crippen LogP contribution in [0.1, 0.15) is 37.7 Å². The number of halogens is 1. The molecule has 2 heteroatoms. The zero-order valence-electron chi connectivity index (χ0n) is 10.0. The largest absolute Gasteiger partial charge is 0.314 e. The zero-order valence-corrected chi connectivity index (χ0v) is 10.9. The molecule has 1 N–H and O–H groups in total. The van der Waals surface area contributed by atoms with Crippen LogP contribution in [-0.4, -0.2) is 12.6 Å². The van der Waals surface area contributed by atoms with Crippen LogP contribution >= 0.6 is 12.4 Å². The highest BCUT2D eigenvalue weighted by atomic mass is 35.5. The second-order valence-corrected chi connectivity index (χ2v) is 4.75. The minimum absolute atomic E-state index is 0. The summed E-state index contributed by atoms with van der Waals surface area (Å²) in [5.41, 5.74) is 1.84. The van der Waals surface area contributed by atoms with E-state index in [0.717, 1.165) is 0 Å². The van der Waals surface area contributed by atoms with Gasteiger partial charge in [0.1, 0.15) is 0 Å². The van der Waals surface area contributed by atoms with Crippen molar-refractivity contribution in [1.82, 2.24) is 5.32 Å². The Morgan fingerprint density at radius 2 is 1.69 bits per heavy atom. The van der Waals surface area contributed by atoms with Gasteiger partial charge in [0.05, 0.1) is 0 Å². The molecule has 0 aliphatic heterocycles. The fraction of sp³-hybridized carbons (Fsp3) is 0.571. The molecule has 0 unspecified atom stereocenters. The van der Waals surface area contributed by atoms with Crippen LogP contribution in [-0.2, 0) is 6.42 Å². The molecule has 1 aromatic rings. The van der Waals surface area contributed by atoms with Gasteiger partial charge < -0.3 is 5.32 Å². The van der Waals surface area contributed by atoms with Gasteiger partial charge in [-0.1, -0.05) is 49.6 Å². The summed E-state index contributed by atoms with van der Waals surface area (Å²) >= 11 is 0. The lowest BCUT2D eigenvalue weighted by Crippen LogP contribution is -2.46. The molecule has 0 saturated heterocycles. The van der Waals surface area contributed by atoms with E-state index >= 15 is 0 Å². The van der Waals surface area contributed by atoms with E-state index in [0.29, 0.717) is 5.54 Å². The molecule has 1 aliphatic rings. The summed E-state index contributed by atoms with van der Waals surface area (Å²) in [4.78, 5) is 0. The molecule has 0 heterocycles. The number of benzene rings is 1. The summed E-state index contributed by atoms with van der Waals surface area (Å²) in [5, 5.41) is 3.57. The first kappa shape index (κ1) is 13.5. The molecule has 0 atom stereocenters. The molecule has 90 valence electrons. The third kappa shape index (κ3) is 3.23. The number of hydrogen-bond acceptors (Lipinski definition) is 1. The Balaban J connectivity index is 0.00000128. The van der Waals surface area contributed by atoms with Gasteiger partial charge in [-0.2, -0.15) is 0 Å². The first-order chi connectivity index (χ1) is 7.35. The van der Waals surface area contributed by atoms with E-state index in [1.807, 2.05) is 0 Å². The second kappa shape index (κ2) is 6.27. The smallest absolute Gasteiger partial charge is 0.0218 e. The van der Waals surface area contributed by atoms with E-state index in [1.165, 1.54) is 44.1 Å². The van der Waals surface area contributed by atoms with Crippen molar-refractivity contribution in [3.63, 3.8) is 0 Å². The monoisotopic (exact) mass is 239 g/mol. The lowest BCUT2D eigenvalue weighted by molar-refractivity contribution is 0.245. The number of nitrogens with one attached hydrogen (secondary N) is 1. The average Bonchev–Trinajstić information content (AvgIpc) is 2.32. The normalized spacial score (nSPS) is 18.8. The van der Waals surface area contributed by atoms with Crippen LogP contribution in [0, 0.1) is 0 Å². The lowest BCUT2D eigenvalue weighted by atomic mass is 9.77. The Labute approximate surface area is 105 Å². The van der Waals surface area contributed by atoms with Crippen molar-refractivity contribution < 1.29 is 0 Å². The molecule has 1 fully saturated rings. The Kier molecular flexibility index (Phi) is 5.30. The summed E-state index contributed by atoms with van der Waals surface area (Å²) in [6.07, 6.45) is 8.03. The molecular weight excluding hydrogens is 218 g/mol. The summed E-state index contributed by atoms with van der Waals surface area (Å²) in [6.45, 7) is 0. The minimum Gasteiger partial charge on any atom is -0.314 e. The van der Waals surface area contributed by atoms with Gasteiger partial charge in [0.15, 0.2) is 0 Å². The van der Waals surface area contributed by atoms with Gasteiger partial charge in [0.25, 0.3) is 0 Å². The summed E-state index contributed by atoms with van der Waals surface area (Å²) in [5.74, 6) is 0. The molecule has 2 rings (SSSR count). The maximum Gasteiger partial charge on any atom is 0.0218 e. The Morgan fingerprint density at radius 1 is 1.06 bits per heavy atom. The second-order valence-electron chi connectivity index (χ2n) is 4.75. The summed E-state index contributed by atoms with van der Waals surface area (Å²) in [7, 11) is 2.12. The van der Waals surface area contributed by atoms with Gasteiger partial charge in [-0.3, -0.25) is 0 Å². The van der Waals surface area contributed by atoms with Gasteiger partial charge in [0.2, 0.25) is 0 Å². The lowest BCUT2D eigenvalue weighted by Gasteiger charge is -2.37. The van der Waals surface area contributed by atoms with Crippen LogP contribution in [0.4, 0.5) is 0 Å². The van der Waals surface area contributed by atoms with E-state index in [9.17, 15) is 0 Å². The molecule has 0 radical (unpaired) electrons. The van der Waals surface area contributed by atoms with Crippen LogP contribution in [0.25, 0.3) is 0 Å². The van der Waals surface area contributed by atoms with Crippen molar-refractivity contribution in [2.45, 2.75) is 44.1 Å². The Hall–Kier alpha value is -0.530. The van der Waals surface area contributed by atoms with Crippen LogP contribution < -0.4 is 5.32 Å². The molecule has 1 saturated carbocycles. The quantitative estimate of drug-likeness (QED) is 0.851. The predicted molar refractivity (Wildman–Crippen MR) is 72.3 cm³/mol. The van der Waals surface area contributed by atoms with Crippen molar-refractivity contribution in [3.8, 4) is 0 Å². The maximum atomic E-state index is 3.57. The van der Waals surface area contributed by atoms with Crippen molar-refractivity contribution in [3.05, 3.63) is 35.9 Å². The standard InChI is InChI=1S/C14H21N.ClH/c1-15-14(10-6-3-7-11-14)12-13-8-4-2-5-9-13;/h2,4-5,8-9,15H,3,6-7,10-12H2,1H3;1H. The van der Waals surface area contributed by atoms with Crippen molar-refractivity contribution >= 4 is 12.4 Å². The van der Waals surface area contributed by atoms with Crippen molar-refractivity contribution in [2.24, 2.45) is 0 Å². The Morgan fingerprint density at radius 3 is 2.25 bits per heavy atom. The van der Waals surface area contributed by atoms with E-state index in [-0.39, 0.29) is 12.4 Å². The van der Waals surface area contributed by atoms with E-state index in [4.69, 9.17) is 0 Å². The average molecular weight is 240 g/mol. The highest BCUT2D eigenvalue weighted by Crippen LogP contribution is 2.30. The van der Waals surface area contributed by atoms with Crippen LogP contribution in [0.15, 0.2) is 30.3 Å². The molecule has 0 amide bonds. The van der Waals surface area contributed by atoms with Gasteiger partial charge >= 0.3 is 0 Å². The van der Waals surface area contributed by atoms with E-state index in [1.54, 1.807) is 0 Å². The summed E-state index contributed by atoms with van der Waals surface area (Å²) in [6, 6.07) is 10.9. The fourth-order valence-electron chi connectivity index (χ4n) is 2.73. The van der Waals surface area contributed by atoms with Gasteiger partial charge in [-0.15, -0.1) is 12.4 Å². The Bertz CT molecular complexity index is 291. The fourth-order valence-corrected chi connectivity index (χ4v) is 2.73. The van der Waals surface area contributed by atoms with E-state index in [2.05, 4.69) is 42.7 Å². The summed E-state index contributed by atoms with van der Waals surface area (Å²) < 4.78 is 0. The van der Waals surface area contributed by atoms with Crippen LogP contribution in [0.5, 0.6) is 0 Å². The SMILES string of the molecule is CNC1(Cc2ccccc2)CCCCC1.Cl. The molecule has 1 aromatic carbocycles. The molecule has 16 heavy (non-hydrogen) atoms. The van der Waals surface area contributed by atoms with Crippen molar-refractivity contribution in [1.29, 1.82) is 0 Å². The first-order valence-electron chi connectivity index (χ1n) is 6.07. The first-order valence-corrected chi connectivity index (χ1v) is 6.07. The predicted octanol–water partition coefficient (Wildman–Crippen LogP) is 3.57. The highest BCUT2D eigenvalue weighted by molar-refractivity contribution is 5.85. The third-order valence-electron chi connectivity index (χ3n) is 3.73. The van der Waals surface area contributed by atoms with Gasteiger partial charge in [0, 0.05) is 5.54 Å². The van der Waals surface area contributed by atoms with Gasteiger partial charge in [-0.05, 0) is 31.9 Å². The molecular formula is C14H22ClN. The van der Waals surface area contributed by atoms with E-state index < -0.39 is 0 Å². The number of rotatable bonds is 3. The number of hydrogen-bond donors (Lipinski definition) is 1. The highest BCUT2D eigenvalue weighted by Gasteiger charge is 2.29. The molecule has 1 aliphatic carbocycles. The third-order valence-corrected chi connectivity index (χ3v) is 3.73.